The van der Waals surface area contributed by atoms with E-state index in [0.717, 1.165) is 22.8 Å². The summed E-state index contributed by atoms with van der Waals surface area (Å²) >= 11 is 0. The summed E-state index contributed by atoms with van der Waals surface area (Å²) in [5, 5.41) is 8.35. The number of hydrogen-bond acceptors (Lipinski definition) is 5. The molecule has 0 saturated heterocycles. The third kappa shape index (κ3) is 8.82. The first-order valence-electron chi connectivity index (χ1n) is 7.84. The fourth-order valence-electron chi connectivity index (χ4n) is 1.85. The van der Waals surface area contributed by atoms with E-state index in [4.69, 9.17) is 11.0 Å². The lowest BCUT2D eigenvalue weighted by molar-refractivity contribution is 1.12. The Hall–Kier alpha value is -3.26. The summed E-state index contributed by atoms with van der Waals surface area (Å²) in [6.45, 7) is 7.76. The van der Waals surface area contributed by atoms with Crippen molar-refractivity contribution in [3.05, 3.63) is 83.1 Å². The minimum Gasteiger partial charge on any atom is -0.384 e. The lowest BCUT2D eigenvalue weighted by Gasteiger charge is -1.90. The van der Waals surface area contributed by atoms with Crippen molar-refractivity contribution in [3.63, 3.8) is 0 Å². The molecule has 0 aliphatic heterocycles. The predicted molar refractivity (Wildman–Crippen MR) is 101 cm³/mol. The minimum absolute atomic E-state index is 0.481. The highest BCUT2D eigenvalue weighted by Crippen LogP contribution is 1.96. The summed E-state index contributed by atoms with van der Waals surface area (Å²) in [5.74, 6) is 0.588. The predicted octanol–water partition coefficient (Wildman–Crippen LogP) is 3.93. The SMILES string of the molecule is Cc1cccc(C#N)n1.Cc1cccc(C)n1.Cc1cccc(N)n1. The minimum atomic E-state index is 0.481. The van der Waals surface area contributed by atoms with Crippen LogP contribution in [0.25, 0.3) is 0 Å². The Morgan fingerprint density at radius 1 is 0.680 bits per heavy atom. The number of nitrogens with zero attached hydrogens (tertiary/aromatic N) is 4. The number of aromatic nitrogens is 3. The highest BCUT2D eigenvalue weighted by molar-refractivity contribution is 5.28. The number of nitriles is 1. The van der Waals surface area contributed by atoms with Crippen LogP contribution in [0.1, 0.15) is 28.5 Å². The molecule has 0 fully saturated rings. The van der Waals surface area contributed by atoms with Crippen LogP contribution in [0, 0.1) is 39.0 Å². The molecular weight excluding hydrogens is 310 g/mol. The molecule has 0 aromatic carbocycles. The molecular formula is C20H23N5. The van der Waals surface area contributed by atoms with Gasteiger partial charge in [-0.3, -0.25) is 4.98 Å². The molecule has 3 aromatic rings. The van der Waals surface area contributed by atoms with Crippen LogP contribution in [0.4, 0.5) is 5.82 Å². The standard InChI is InChI=1S/C7H6N2.C7H9N.C6H8N2/c1-6-3-2-4-7(5-8)9-6;1-6-4-3-5-7(2)8-6;1-5-3-2-4-6(7)8-5/h2-4H,1H3;3-5H,1-2H3;2-4H,1H3,(H2,7,8). The molecule has 2 N–H and O–H groups in total. The summed E-state index contributed by atoms with van der Waals surface area (Å²) in [6.07, 6.45) is 0. The number of aryl methyl sites for hydroxylation is 4. The van der Waals surface area contributed by atoms with Gasteiger partial charge in [0.05, 0.1) is 0 Å². The molecule has 0 bridgehead atoms. The van der Waals surface area contributed by atoms with Gasteiger partial charge < -0.3 is 5.73 Å². The molecule has 25 heavy (non-hydrogen) atoms. The third-order valence-corrected chi connectivity index (χ3v) is 2.94. The summed E-state index contributed by atoms with van der Waals surface area (Å²) < 4.78 is 0. The van der Waals surface area contributed by atoms with E-state index in [1.54, 1.807) is 12.1 Å². The maximum absolute atomic E-state index is 8.35. The van der Waals surface area contributed by atoms with E-state index in [-0.39, 0.29) is 0 Å². The van der Waals surface area contributed by atoms with Crippen LogP contribution in [0.2, 0.25) is 0 Å². The fourth-order valence-corrected chi connectivity index (χ4v) is 1.85. The van der Waals surface area contributed by atoms with Crippen LogP contribution >= 0.6 is 0 Å². The molecule has 0 unspecified atom stereocenters. The molecule has 5 heteroatoms. The quantitative estimate of drug-likeness (QED) is 0.673. The van der Waals surface area contributed by atoms with E-state index in [9.17, 15) is 0 Å². The highest BCUT2D eigenvalue weighted by atomic mass is 14.8. The third-order valence-electron chi connectivity index (χ3n) is 2.94. The van der Waals surface area contributed by atoms with Crippen molar-refractivity contribution < 1.29 is 0 Å². The highest BCUT2D eigenvalue weighted by Gasteiger charge is 1.87. The molecule has 3 aromatic heterocycles. The fraction of sp³-hybridized carbons (Fsp3) is 0.200. The molecule has 0 aliphatic rings. The van der Waals surface area contributed by atoms with Crippen molar-refractivity contribution in [1.29, 1.82) is 5.26 Å². The zero-order valence-corrected chi connectivity index (χ0v) is 15.1. The van der Waals surface area contributed by atoms with E-state index in [1.165, 1.54) is 0 Å². The van der Waals surface area contributed by atoms with Gasteiger partial charge in [-0.1, -0.05) is 18.2 Å². The lowest BCUT2D eigenvalue weighted by atomic mass is 10.3. The molecule has 0 amide bonds. The molecule has 0 spiro atoms. The van der Waals surface area contributed by atoms with E-state index < -0.39 is 0 Å². The van der Waals surface area contributed by atoms with E-state index in [2.05, 4.69) is 15.0 Å². The van der Waals surface area contributed by atoms with Crippen molar-refractivity contribution in [3.8, 4) is 6.07 Å². The van der Waals surface area contributed by atoms with Crippen molar-refractivity contribution in [1.82, 2.24) is 15.0 Å². The van der Waals surface area contributed by atoms with Gasteiger partial charge in [-0.2, -0.15) is 5.26 Å². The number of nitrogen functional groups attached to an aromatic ring is 1. The van der Waals surface area contributed by atoms with E-state index in [1.807, 2.05) is 76.2 Å². The summed E-state index contributed by atoms with van der Waals surface area (Å²) in [5.41, 5.74) is 9.85. The lowest BCUT2D eigenvalue weighted by Crippen LogP contribution is -1.89. The smallest absolute Gasteiger partial charge is 0.140 e. The van der Waals surface area contributed by atoms with Crippen LogP contribution in [0.5, 0.6) is 0 Å². The monoisotopic (exact) mass is 333 g/mol. The average Bonchev–Trinajstić information content (AvgIpc) is 2.55. The first-order valence-corrected chi connectivity index (χ1v) is 7.84. The number of anilines is 1. The van der Waals surface area contributed by atoms with Gasteiger partial charge in [0.15, 0.2) is 0 Å². The molecule has 0 aliphatic carbocycles. The van der Waals surface area contributed by atoms with E-state index >= 15 is 0 Å². The topological polar surface area (TPSA) is 88.5 Å². The first-order chi connectivity index (χ1) is 11.9. The first kappa shape index (κ1) is 19.8. The maximum atomic E-state index is 8.35. The van der Waals surface area contributed by atoms with Gasteiger partial charge in [0, 0.05) is 22.8 Å². The molecule has 0 saturated carbocycles. The number of hydrogen-bond donors (Lipinski definition) is 1. The van der Waals surface area contributed by atoms with Gasteiger partial charge in [0.1, 0.15) is 17.6 Å². The number of rotatable bonds is 0. The summed E-state index contributed by atoms with van der Waals surface area (Å²) in [6, 6.07) is 18.9. The van der Waals surface area contributed by atoms with Crippen LogP contribution in [-0.4, -0.2) is 15.0 Å². The Bertz CT molecular complexity index is 759. The molecule has 3 rings (SSSR count). The molecule has 3 heterocycles. The van der Waals surface area contributed by atoms with Crippen LogP contribution < -0.4 is 5.73 Å². The van der Waals surface area contributed by atoms with Crippen molar-refractivity contribution in [2.75, 3.05) is 5.73 Å². The van der Waals surface area contributed by atoms with Crippen molar-refractivity contribution in [2.45, 2.75) is 27.7 Å². The summed E-state index contributed by atoms with van der Waals surface area (Å²) in [4.78, 5) is 12.1. The summed E-state index contributed by atoms with van der Waals surface area (Å²) in [7, 11) is 0. The second kappa shape index (κ2) is 10.5. The maximum Gasteiger partial charge on any atom is 0.140 e. The van der Waals surface area contributed by atoms with Crippen molar-refractivity contribution in [2.24, 2.45) is 0 Å². The van der Waals surface area contributed by atoms with Gasteiger partial charge in [-0.05, 0) is 64.1 Å². The average molecular weight is 333 g/mol. The largest absolute Gasteiger partial charge is 0.384 e. The number of nitrogens with two attached hydrogens (primary N) is 1. The normalized spacial score (nSPS) is 8.92. The molecule has 0 radical (unpaired) electrons. The van der Waals surface area contributed by atoms with Gasteiger partial charge in [0.25, 0.3) is 0 Å². The Balaban J connectivity index is 0.000000188. The van der Waals surface area contributed by atoms with Crippen LogP contribution in [0.3, 0.4) is 0 Å². The second-order valence-corrected chi connectivity index (χ2v) is 5.40. The van der Waals surface area contributed by atoms with Gasteiger partial charge in [0.2, 0.25) is 0 Å². The Morgan fingerprint density at radius 3 is 1.40 bits per heavy atom. The van der Waals surface area contributed by atoms with Gasteiger partial charge in [-0.15, -0.1) is 0 Å². The Morgan fingerprint density at radius 2 is 1.12 bits per heavy atom. The van der Waals surface area contributed by atoms with E-state index in [0.29, 0.717) is 11.5 Å². The zero-order chi connectivity index (χ0) is 18.7. The van der Waals surface area contributed by atoms with Crippen molar-refractivity contribution >= 4 is 5.82 Å². The van der Waals surface area contributed by atoms with Gasteiger partial charge >= 0.3 is 0 Å². The molecule has 0 atom stereocenters. The second-order valence-electron chi connectivity index (χ2n) is 5.40. The zero-order valence-electron chi connectivity index (χ0n) is 15.1. The Labute approximate surface area is 149 Å². The molecule has 5 nitrogen and oxygen atoms in total. The number of pyridine rings is 3. The van der Waals surface area contributed by atoms with Crippen LogP contribution in [-0.2, 0) is 0 Å². The Kier molecular flexibility index (Phi) is 8.31. The van der Waals surface area contributed by atoms with Gasteiger partial charge in [-0.25, -0.2) is 9.97 Å². The molecule has 128 valence electrons. The van der Waals surface area contributed by atoms with Crippen LogP contribution in [0.15, 0.2) is 54.6 Å².